The molecule has 1 aromatic rings. The molecular weight excluding hydrogens is 207 g/mol. The molecule has 0 aliphatic rings. The van der Waals surface area contributed by atoms with Crippen LogP contribution in [0.15, 0.2) is 29.2 Å². The van der Waals surface area contributed by atoms with Gasteiger partial charge in [-0.25, -0.2) is 4.39 Å². The van der Waals surface area contributed by atoms with Crippen LogP contribution < -0.4 is 0 Å². The molecule has 1 rings (SSSR count). The molecule has 0 aliphatic heterocycles. The first-order valence-corrected chi connectivity index (χ1v) is 4.17. The molecule has 0 atom stereocenters. The fourth-order valence-corrected chi connectivity index (χ4v) is 1.14. The largest absolute Gasteiger partial charge is 0.294 e. The highest BCUT2D eigenvalue weighted by Crippen LogP contribution is 2.08. The average molecular weight is 213 g/mol. The number of halogens is 2. The molecule has 0 saturated carbocycles. The highest BCUT2D eigenvalue weighted by molar-refractivity contribution is 7.85. The van der Waals surface area contributed by atoms with Crippen LogP contribution in [0, 0.1) is 5.82 Å². The number of hydrogen-bond acceptors (Lipinski definition) is 2. The maximum atomic E-state index is 12.3. The molecule has 0 aliphatic carbocycles. The Bertz CT molecular complexity index is 363. The maximum Gasteiger partial charge on any atom is 0.294 e. The van der Waals surface area contributed by atoms with Crippen LogP contribution in [-0.4, -0.2) is 13.0 Å². The third-order valence-electron chi connectivity index (χ3n) is 1.09. The van der Waals surface area contributed by atoms with E-state index in [2.05, 4.69) is 0 Å². The first-order chi connectivity index (χ1) is 5.00. The van der Waals surface area contributed by atoms with Crippen LogP contribution in [0.25, 0.3) is 0 Å². The van der Waals surface area contributed by atoms with Gasteiger partial charge in [0.05, 0.1) is 4.90 Å². The van der Waals surface area contributed by atoms with Gasteiger partial charge in [0.1, 0.15) is 5.82 Å². The Kier molecular flexibility index (Phi) is 3.63. The Morgan fingerprint density at radius 2 is 1.92 bits per heavy atom. The lowest BCUT2D eigenvalue weighted by Gasteiger charge is -1.94. The lowest BCUT2D eigenvalue weighted by Crippen LogP contribution is -1.97. The van der Waals surface area contributed by atoms with Crippen molar-refractivity contribution < 1.29 is 17.4 Å². The summed E-state index contributed by atoms with van der Waals surface area (Å²) >= 11 is 0. The van der Waals surface area contributed by atoms with E-state index in [1.54, 1.807) is 0 Å². The van der Waals surface area contributed by atoms with Crippen LogP contribution >= 0.6 is 12.4 Å². The fourth-order valence-electron chi connectivity index (χ4n) is 0.627. The molecule has 0 saturated heterocycles. The van der Waals surface area contributed by atoms with Crippen LogP contribution in [0.1, 0.15) is 0 Å². The van der Waals surface area contributed by atoms with Crippen molar-refractivity contribution >= 4 is 22.5 Å². The van der Waals surface area contributed by atoms with Gasteiger partial charge in [-0.1, -0.05) is 6.07 Å². The zero-order valence-electron chi connectivity index (χ0n) is 5.77. The molecule has 3 nitrogen and oxygen atoms in total. The summed E-state index contributed by atoms with van der Waals surface area (Å²) in [6, 6.07) is 4.15. The molecule has 12 heavy (non-hydrogen) atoms. The molecule has 0 heterocycles. The van der Waals surface area contributed by atoms with E-state index in [0.717, 1.165) is 18.2 Å². The molecule has 0 bridgehead atoms. The van der Waals surface area contributed by atoms with E-state index in [1.807, 2.05) is 0 Å². The van der Waals surface area contributed by atoms with E-state index in [0.29, 0.717) is 0 Å². The van der Waals surface area contributed by atoms with Gasteiger partial charge in [-0.3, -0.25) is 4.55 Å². The molecule has 0 amide bonds. The summed E-state index contributed by atoms with van der Waals surface area (Å²) in [5, 5.41) is 0. The summed E-state index contributed by atoms with van der Waals surface area (Å²) in [6.45, 7) is 0. The van der Waals surface area contributed by atoms with Crippen molar-refractivity contribution in [2.45, 2.75) is 4.90 Å². The molecule has 1 N–H and O–H groups in total. The second-order valence-electron chi connectivity index (χ2n) is 1.93. The first-order valence-electron chi connectivity index (χ1n) is 2.73. The minimum absolute atomic E-state index is 0. The minimum atomic E-state index is -4.27. The number of rotatable bonds is 1. The lowest BCUT2D eigenvalue weighted by atomic mass is 10.4. The molecular formula is C6H6ClFO3S. The van der Waals surface area contributed by atoms with Gasteiger partial charge >= 0.3 is 0 Å². The molecule has 0 radical (unpaired) electrons. The van der Waals surface area contributed by atoms with Crippen molar-refractivity contribution in [3.05, 3.63) is 30.1 Å². The highest BCUT2D eigenvalue weighted by atomic mass is 35.5. The molecule has 0 fully saturated rings. The van der Waals surface area contributed by atoms with Crippen LogP contribution in [0.5, 0.6) is 0 Å². The lowest BCUT2D eigenvalue weighted by molar-refractivity contribution is 0.482. The number of hydrogen-bond donors (Lipinski definition) is 1. The van der Waals surface area contributed by atoms with Gasteiger partial charge in [-0.05, 0) is 18.2 Å². The zero-order chi connectivity index (χ0) is 8.48. The van der Waals surface area contributed by atoms with Crippen molar-refractivity contribution in [3.63, 3.8) is 0 Å². The predicted octanol–water partition coefficient (Wildman–Crippen LogP) is 1.49. The van der Waals surface area contributed by atoms with Gasteiger partial charge < -0.3 is 0 Å². The van der Waals surface area contributed by atoms with Gasteiger partial charge in [0.25, 0.3) is 10.1 Å². The third-order valence-corrected chi connectivity index (χ3v) is 1.94. The first kappa shape index (κ1) is 11.4. The zero-order valence-corrected chi connectivity index (χ0v) is 7.40. The summed E-state index contributed by atoms with van der Waals surface area (Å²) in [5.41, 5.74) is 0. The topological polar surface area (TPSA) is 54.4 Å². The van der Waals surface area contributed by atoms with Gasteiger partial charge in [0, 0.05) is 0 Å². The van der Waals surface area contributed by atoms with E-state index >= 15 is 0 Å². The van der Waals surface area contributed by atoms with Crippen molar-refractivity contribution in [1.29, 1.82) is 0 Å². The SMILES string of the molecule is Cl.O=S(=O)(O)c1cccc(F)c1. The standard InChI is InChI=1S/C6H5FO3S.ClH/c7-5-2-1-3-6(4-5)11(8,9)10;/h1-4H,(H,8,9,10);1H. The van der Waals surface area contributed by atoms with Crippen LogP contribution in [0.4, 0.5) is 4.39 Å². The maximum absolute atomic E-state index is 12.3. The van der Waals surface area contributed by atoms with Gasteiger partial charge in [0.2, 0.25) is 0 Å². The monoisotopic (exact) mass is 212 g/mol. The highest BCUT2D eigenvalue weighted by Gasteiger charge is 2.08. The minimum Gasteiger partial charge on any atom is -0.282 e. The Morgan fingerprint density at radius 1 is 1.33 bits per heavy atom. The Labute approximate surface area is 75.4 Å². The number of benzene rings is 1. The second-order valence-corrected chi connectivity index (χ2v) is 3.35. The van der Waals surface area contributed by atoms with Crippen LogP contribution in [-0.2, 0) is 10.1 Å². The van der Waals surface area contributed by atoms with Crippen molar-refractivity contribution in [2.24, 2.45) is 0 Å². The molecule has 0 unspecified atom stereocenters. The summed E-state index contributed by atoms with van der Waals surface area (Å²) in [5.74, 6) is -0.694. The van der Waals surface area contributed by atoms with Crippen LogP contribution in [0.2, 0.25) is 0 Å². The summed E-state index contributed by atoms with van der Waals surface area (Å²) in [7, 11) is -4.27. The summed E-state index contributed by atoms with van der Waals surface area (Å²) in [4.78, 5) is -0.433. The third kappa shape index (κ3) is 2.77. The van der Waals surface area contributed by atoms with Crippen LogP contribution in [0.3, 0.4) is 0 Å². The summed E-state index contributed by atoms with van der Waals surface area (Å²) < 4.78 is 41.5. The average Bonchev–Trinajstić information content (AvgIpc) is 1.86. The second kappa shape index (κ2) is 3.84. The van der Waals surface area contributed by atoms with E-state index in [4.69, 9.17) is 4.55 Å². The molecule has 68 valence electrons. The van der Waals surface area contributed by atoms with E-state index in [1.165, 1.54) is 6.07 Å². The van der Waals surface area contributed by atoms with Gasteiger partial charge in [-0.15, -0.1) is 12.4 Å². The quantitative estimate of drug-likeness (QED) is 0.718. The Hall–Kier alpha value is -0.650. The fraction of sp³-hybridized carbons (Fsp3) is 0. The molecule has 6 heteroatoms. The van der Waals surface area contributed by atoms with Crippen molar-refractivity contribution in [3.8, 4) is 0 Å². The Morgan fingerprint density at radius 3 is 2.25 bits per heavy atom. The molecule has 0 aromatic heterocycles. The van der Waals surface area contributed by atoms with E-state index < -0.39 is 20.8 Å². The van der Waals surface area contributed by atoms with E-state index in [-0.39, 0.29) is 12.4 Å². The Balaban J connectivity index is 0.00000121. The van der Waals surface area contributed by atoms with Gasteiger partial charge in [0.15, 0.2) is 0 Å². The molecule has 0 spiro atoms. The molecule has 1 aromatic carbocycles. The summed E-state index contributed by atoms with van der Waals surface area (Å²) in [6.07, 6.45) is 0. The predicted molar refractivity (Wildman–Crippen MR) is 43.5 cm³/mol. The van der Waals surface area contributed by atoms with Gasteiger partial charge in [-0.2, -0.15) is 8.42 Å². The van der Waals surface area contributed by atoms with Crippen molar-refractivity contribution in [1.82, 2.24) is 0 Å². The van der Waals surface area contributed by atoms with E-state index in [9.17, 15) is 12.8 Å². The van der Waals surface area contributed by atoms with Crippen molar-refractivity contribution in [2.75, 3.05) is 0 Å². The smallest absolute Gasteiger partial charge is 0.282 e. The normalized spacial score (nSPS) is 10.5.